The van der Waals surface area contributed by atoms with Crippen LogP contribution < -0.4 is 0 Å². The highest BCUT2D eigenvalue weighted by atomic mass is 32.1. The van der Waals surface area contributed by atoms with Crippen molar-refractivity contribution in [1.29, 1.82) is 5.26 Å². The van der Waals surface area contributed by atoms with Crippen molar-refractivity contribution in [3.63, 3.8) is 0 Å². The van der Waals surface area contributed by atoms with Crippen LogP contribution >= 0.6 is 11.3 Å². The molecule has 1 saturated heterocycles. The van der Waals surface area contributed by atoms with E-state index in [4.69, 9.17) is 4.74 Å². The molecule has 0 aliphatic carbocycles. The minimum Gasteiger partial charge on any atom is -0.433 e. The number of cyclic esters (lactones) is 1. The third-order valence-electron chi connectivity index (χ3n) is 6.11. The molecule has 0 bridgehead atoms. The number of imide groups is 1. The molecule has 0 N–H and O–H groups in total. The van der Waals surface area contributed by atoms with Gasteiger partial charge in [0.1, 0.15) is 5.01 Å². The summed E-state index contributed by atoms with van der Waals surface area (Å²) in [6.45, 7) is 3.89. The van der Waals surface area contributed by atoms with Gasteiger partial charge < -0.3 is 4.74 Å². The lowest BCUT2D eigenvalue weighted by Crippen LogP contribution is -2.40. The minimum atomic E-state index is -1.21. The number of fused-ring (bicyclic) bond motifs is 1. The molecule has 0 radical (unpaired) electrons. The molecule has 172 valence electrons. The maximum absolute atomic E-state index is 13.1. The van der Waals surface area contributed by atoms with Gasteiger partial charge in [-0.05, 0) is 31.9 Å². The topological polar surface area (TPSA) is 83.3 Å². The van der Waals surface area contributed by atoms with Gasteiger partial charge in [-0.25, -0.2) is 14.7 Å². The number of ether oxygens (including phenoxy) is 1. The fraction of sp³-hybridized carbons (Fsp3) is 0.600. The van der Waals surface area contributed by atoms with Gasteiger partial charge in [0.2, 0.25) is 0 Å². The molecule has 2 atom stereocenters. The molecule has 1 aliphatic rings. The summed E-state index contributed by atoms with van der Waals surface area (Å²) in [5.41, 5.74) is -0.455. The van der Waals surface area contributed by atoms with Crippen molar-refractivity contribution in [3.8, 4) is 6.07 Å². The summed E-state index contributed by atoms with van der Waals surface area (Å²) in [4.78, 5) is 31.1. The number of thiazole rings is 1. The average Bonchev–Trinajstić information content (AvgIpc) is 3.30. The molecule has 2 unspecified atom stereocenters. The van der Waals surface area contributed by atoms with Crippen molar-refractivity contribution in [1.82, 2.24) is 9.88 Å². The van der Waals surface area contributed by atoms with Crippen LogP contribution in [0.15, 0.2) is 24.3 Å². The molecule has 2 amide bonds. The Bertz CT molecular complexity index is 934. The number of benzene rings is 1. The molecule has 1 aromatic heterocycles. The molecule has 7 heteroatoms. The fourth-order valence-corrected chi connectivity index (χ4v) is 5.19. The molecule has 2 heterocycles. The molecule has 0 spiro atoms. The van der Waals surface area contributed by atoms with E-state index in [2.05, 4.69) is 18.0 Å². The first-order valence-electron chi connectivity index (χ1n) is 11.8. The van der Waals surface area contributed by atoms with Crippen molar-refractivity contribution in [2.45, 2.75) is 96.1 Å². The first kappa shape index (κ1) is 24.2. The highest BCUT2D eigenvalue weighted by molar-refractivity contribution is 7.18. The maximum Gasteiger partial charge on any atom is 0.419 e. The number of nitriles is 1. The molecule has 6 nitrogen and oxygen atoms in total. The monoisotopic (exact) mass is 455 g/mol. The van der Waals surface area contributed by atoms with E-state index < -0.39 is 23.6 Å². The molecule has 3 rings (SSSR count). The zero-order chi connectivity index (χ0) is 23.0. The van der Waals surface area contributed by atoms with Crippen LogP contribution in [0.3, 0.4) is 0 Å². The first-order valence-corrected chi connectivity index (χ1v) is 12.6. The Labute approximate surface area is 194 Å². The molecule has 1 aliphatic heterocycles. The SMILES string of the molecule is CCCCCCCCCCCCC1(C)OC(=O)N(C(C#N)c2nc3ccccc3s2)C1=O. The van der Waals surface area contributed by atoms with Gasteiger partial charge in [-0.3, -0.25) is 4.79 Å². The number of unbranched alkanes of at least 4 members (excludes halogenated alkanes) is 9. The summed E-state index contributed by atoms with van der Waals surface area (Å²) in [5, 5.41) is 10.2. The number of hydrogen-bond donors (Lipinski definition) is 0. The van der Waals surface area contributed by atoms with Crippen LogP contribution in [-0.2, 0) is 9.53 Å². The molecule has 2 aromatic rings. The van der Waals surface area contributed by atoms with Gasteiger partial charge in [-0.2, -0.15) is 5.26 Å². The standard InChI is InChI=1S/C25H33N3O3S/c1-3-4-5-6-7-8-9-10-11-14-17-25(2)23(29)28(24(30)31-25)20(18-26)22-27-19-15-12-13-16-21(19)32-22/h12-13,15-16,20H,3-11,14,17H2,1-2H3. The van der Waals surface area contributed by atoms with Gasteiger partial charge in [0, 0.05) is 0 Å². The lowest BCUT2D eigenvalue weighted by atomic mass is 9.96. The first-order chi connectivity index (χ1) is 15.5. The van der Waals surface area contributed by atoms with Crippen LogP contribution in [0.1, 0.15) is 95.5 Å². The molecule has 0 saturated carbocycles. The number of carbonyl (C=O) groups excluding carboxylic acids is 2. The molecule has 1 fully saturated rings. The number of nitrogens with zero attached hydrogens (tertiary/aromatic N) is 3. The van der Waals surface area contributed by atoms with E-state index in [1.54, 1.807) is 6.92 Å². The van der Waals surface area contributed by atoms with E-state index in [-0.39, 0.29) is 0 Å². The Morgan fingerprint density at radius 3 is 2.31 bits per heavy atom. The third kappa shape index (κ3) is 5.66. The van der Waals surface area contributed by atoms with Gasteiger partial charge in [0.05, 0.1) is 16.3 Å². The number of hydrogen-bond acceptors (Lipinski definition) is 6. The van der Waals surface area contributed by atoms with Crippen molar-refractivity contribution in [2.24, 2.45) is 0 Å². The summed E-state index contributed by atoms with van der Waals surface area (Å²) < 4.78 is 6.41. The number of aromatic nitrogens is 1. The maximum atomic E-state index is 13.1. The highest BCUT2D eigenvalue weighted by Gasteiger charge is 2.53. The number of amides is 2. The predicted octanol–water partition coefficient (Wildman–Crippen LogP) is 6.91. The van der Waals surface area contributed by atoms with Crippen LogP contribution in [-0.4, -0.2) is 27.5 Å². The second-order valence-electron chi connectivity index (χ2n) is 8.76. The lowest BCUT2D eigenvalue weighted by molar-refractivity contribution is -0.137. The Hall–Kier alpha value is -2.46. The van der Waals surface area contributed by atoms with Crippen molar-refractivity contribution in [3.05, 3.63) is 29.3 Å². The Morgan fingerprint density at radius 2 is 1.69 bits per heavy atom. The van der Waals surface area contributed by atoms with E-state index in [1.807, 2.05) is 24.3 Å². The third-order valence-corrected chi connectivity index (χ3v) is 7.20. The largest absolute Gasteiger partial charge is 0.433 e. The zero-order valence-electron chi connectivity index (χ0n) is 19.1. The van der Waals surface area contributed by atoms with Gasteiger partial charge in [0.15, 0.2) is 11.6 Å². The Balaban J connectivity index is 1.51. The van der Waals surface area contributed by atoms with E-state index in [9.17, 15) is 14.9 Å². The van der Waals surface area contributed by atoms with E-state index >= 15 is 0 Å². The summed E-state index contributed by atoms with van der Waals surface area (Å²) in [6.07, 6.45) is 11.7. The summed E-state index contributed by atoms with van der Waals surface area (Å²) in [6, 6.07) is 8.53. The molecule has 1 aromatic carbocycles. The Kier molecular flexibility index (Phi) is 8.63. The van der Waals surface area contributed by atoms with Crippen LogP contribution in [0.2, 0.25) is 0 Å². The van der Waals surface area contributed by atoms with E-state index in [0.717, 1.165) is 34.4 Å². The molecule has 32 heavy (non-hydrogen) atoms. The normalized spacial score (nSPS) is 19.3. The van der Waals surface area contributed by atoms with Crippen LogP contribution in [0.4, 0.5) is 4.79 Å². The van der Waals surface area contributed by atoms with Crippen LogP contribution in [0.5, 0.6) is 0 Å². The zero-order valence-corrected chi connectivity index (χ0v) is 20.0. The van der Waals surface area contributed by atoms with Gasteiger partial charge >= 0.3 is 6.09 Å². The summed E-state index contributed by atoms with van der Waals surface area (Å²) >= 11 is 1.32. The van der Waals surface area contributed by atoms with Crippen molar-refractivity contribution < 1.29 is 14.3 Å². The summed E-state index contributed by atoms with van der Waals surface area (Å²) in [5.74, 6) is -0.441. The second kappa shape index (κ2) is 11.4. The second-order valence-corrected chi connectivity index (χ2v) is 9.82. The van der Waals surface area contributed by atoms with Gasteiger partial charge in [0.25, 0.3) is 5.91 Å². The Morgan fingerprint density at radius 1 is 1.06 bits per heavy atom. The number of carbonyl (C=O) groups is 2. The lowest BCUT2D eigenvalue weighted by Gasteiger charge is -2.20. The van der Waals surface area contributed by atoms with Gasteiger partial charge in [-0.1, -0.05) is 76.8 Å². The van der Waals surface area contributed by atoms with Gasteiger partial charge in [-0.15, -0.1) is 11.3 Å². The summed E-state index contributed by atoms with van der Waals surface area (Å²) in [7, 11) is 0. The quantitative estimate of drug-likeness (QED) is 0.306. The van der Waals surface area contributed by atoms with E-state index in [0.29, 0.717) is 11.4 Å². The van der Waals surface area contributed by atoms with E-state index in [1.165, 1.54) is 56.3 Å². The van der Waals surface area contributed by atoms with Crippen LogP contribution in [0.25, 0.3) is 10.2 Å². The fourth-order valence-electron chi connectivity index (χ4n) is 4.18. The smallest absolute Gasteiger partial charge is 0.419 e. The number of rotatable bonds is 13. The highest BCUT2D eigenvalue weighted by Crippen LogP contribution is 2.37. The predicted molar refractivity (Wildman–Crippen MR) is 126 cm³/mol. The molecular formula is C25H33N3O3S. The van der Waals surface area contributed by atoms with Crippen molar-refractivity contribution in [2.75, 3.05) is 0 Å². The van der Waals surface area contributed by atoms with Crippen LogP contribution in [0, 0.1) is 11.3 Å². The van der Waals surface area contributed by atoms with Crippen molar-refractivity contribution >= 4 is 33.6 Å². The molecular weight excluding hydrogens is 422 g/mol. The minimum absolute atomic E-state index is 0.433. The average molecular weight is 456 g/mol. The number of para-hydroxylation sites is 1.